The van der Waals surface area contributed by atoms with Gasteiger partial charge < -0.3 is 4.43 Å². The summed E-state index contributed by atoms with van der Waals surface area (Å²) in [5.74, 6) is 1.28. The summed E-state index contributed by atoms with van der Waals surface area (Å²) in [5, 5.41) is 0.244. The average Bonchev–Trinajstić information content (AvgIpc) is 2.63. The second-order valence-electron chi connectivity index (χ2n) is 9.86. The topological polar surface area (TPSA) is 26.3 Å². The smallest absolute Gasteiger partial charge is 0.192 e. The van der Waals surface area contributed by atoms with Crippen LogP contribution in [-0.2, 0) is 9.22 Å². The predicted molar refractivity (Wildman–Crippen MR) is 100 cm³/mol. The highest BCUT2D eigenvalue weighted by Crippen LogP contribution is 2.56. The van der Waals surface area contributed by atoms with Crippen molar-refractivity contribution in [3.8, 4) is 0 Å². The number of carbonyl (C=O) groups excluding carboxylic acids is 1. The molecule has 3 heteroatoms. The maximum Gasteiger partial charge on any atom is 0.192 e. The quantitative estimate of drug-likeness (QED) is 0.475. The molecule has 23 heavy (non-hydrogen) atoms. The average molecular weight is 337 g/mol. The number of rotatable bonds is 2. The summed E-state index contributed by atoms with van der Waals surface area (Å²) in [5.41, 5.74) is 2.14. The highest BCUT2D eigenvalue weighted by atomic mass is 28.4. The molecule has 0 bridgehead atoms. The number of fused-ring (bicyclic) bond motifs is 1. The van der Waals surface area contributed by atoms with Gasteiger partial charge in [0.1, 0.15) is 0 Å². The largest absolute Gasteiger partial charge is 0.414 e. The molecular weight excluding hydrogens is 300 g/mol. The molecule has 0 aromatic carbocycles. The normalized spacial score (nSPS) is 35.4. The third-order valence-corrected chi connectivity index (χ3v) is 11.7. The predicted octanol–water partition coefficient (Wildman–Crippen LogP) is 5.74. The van der Waals surface area contributed by atoms with Crippen molar-refractivity contribution in [2.45, 2.75) is 92.0 Å². The Balaban J connectivity index is 2.22. The summed E-state index contributed by atoms with van der Waals surface area (Å²) in [6, 6.07) is 0. The number of carbonyl (C=O) groups is 1. The number of allylic oxidation sites excluding steroid dienone is 2. The van der Waals surface area contributed by atoms with Crippen LogP contribution < -0.4 is 0 Å². The van der Waals surface area contributed by atoms with Gasteiger partial charge in [-0.05, 0) is 68.7 Å². The zero-order chi connectivity index (χ0) is 17.8. The summed E-state index contributed by atoms with van der Waals surface area (Å²) < 4.78 is 6.71. The third kappa shape index (κ3) is 3.11. The van der Waals surface area contributed by atoms with Crippen LogP contribution in [-0.4, -0.2) is 20.2 Å². The van der Waals surface area contributed by atoms with Crippen molar-refractivity contribution in [1.82, 2.24) is 0 Å². The first-order valence-electron chi connectivity index (χ1n) is 9.19. The van der Waals surface area contributed by atoms with Gasteiger partial charge in [0.2, 0.25) is 0 Å². The van der Waals surface area contributed by atoms with Gasteiger partial charge in [-0.1, -0.05) is 40.2 Å². The first-order valence-corrected chi connectivity index (χ1v) is 12.1. The van der Waals surface area contributed by atoms with E-state index in [1.54, 1.807) is 0 Å². The molecule has 2 aliphatic carbocycles. The van der Waals surface area contributed by atoms with Crippen LogP contribution in [0.1, 0.15) is 67.7 Å². The van der Waals surface area contributed by atoms with E-state index < -0.39 is 8.32 Å². The SMILES string of the molecule is CC(C)=C1C[C@@H]2C[C@@H](O[Si](C)(C)C(C)(C)C)C[C@@H](C)[C@]2(C)C1=O. The van der Waals surface area contributed by atoms with Crippen molar-refractivity contribution < 1.29 is 9.22 Å². The molecule has 2 aliphatic rings. The van der Waals surface area contributed by atoms with Crippen LogP contribution in [0, 0.1) is 17.3 Å². The van der Waals surface area contributed by atoms with Crippen LogP contribution >= 0.6 is 0 Å². The number of hydrogen-bond donors (Lipinski definition) is 0. The lowest BCUT2D eigenvalue weighted by Crippen LogP contribution is -2.49. The molecule has 0 aromatic heterocycles. The summed E-state index contributed by atoms with van der Waals surface area (Å²) >= 11 is 0. The molecule has 0 aromatic rings. The maximum atomic E-state index is 13.0. The van der Waals surface area contributed by atoms with Crippen LogP contribution in [0.15, 0.2) is 11.1 Å². The van der Waals surface area contributed by atoms with Crippen LogP contribution in [0.5, 0.6) is 0 Å². The fourth-order valence-corrected chi connectivity index (χ4v) is 5.57. The number of ketones is 1. The molecule has 0 spiro atoms. The van der Waals surface area contributed by atoms with E-state index in [9.17, 15) is 4.79 Å². The lowest BCUT2D eigenvalue weighted by atomic mass is 9.62. The molecule has 0 N–H and O–H groups in total. The van der Waals surface area contributed by atoms with E-state index in [-0.39, 0.29) is 10.5 Å². The molecule has 0 radical (unpaired) electrons. The molecule has 2 rings (SSSR count). The molecule has 0 aliphatic heterocycles. The lowest BCUT2D eigenvalue weighted by Gasteiger charge is -2.47. The number of hydrogen-bond acceptors (Lipinski definition) is 2. The van der Waals surface area contributed by atoms with E-state index in [2.05, 4.69) is 61.6 Å². The van der Waals surface area contributed by atoms with Crippen molar-refractivity contribution in [3.05, 3.63) is 11.1 Å². The molecule has 0 unspecified atom stereocenters. The van der Waals surface area contributed by atoms with Crippen molar-refractivity contribution >= 4 is 14.1 Å². The Morgan fingerprint density at radius 3 is 2.26 bits per heavy atom. The van der Waals surface area contributed by atoms with Crippen molar-refractivity contribution in [2.24, 2.45) is 17.3 Å². The lowest BCUT2D eigenvalue weighted by molar-refractivity contribution is -0.130. The summed E-state index contributed by atoms with van der Waals surface area (Å²) in [7, 11) is -1.74. The van der Waals surface area contributed by atoms with Gasteiger partial charge in [0.05, 0.1) is 0 Å². The van der Waals surface area contributed by atoms with E-state index in [0.29, 0.717) is 23.7 Å². The maximum absolute atomic E-state index is 13.0. The van der Waals surface area contributed by atoms with Gasteiger partial charge in [0.25, 0.3) is 0 Å². The van der Waals surface area contributed by atoms with Gasteiger partial charge >= 0.3 is 0 Å². The molecule has 0 heterocycles. The van der Waals surface area contributed by atoms with Crippen LogP contribution in [0.2, 0.25) is 18.1 Å². The molecule has 0 saturated heterocycles. The first-order chi connectivity index (χ1) is 10.3. The molecular formula is C20H36O2Si. The first kappa shape index (κ1) is 18.9. The third-order valence-electron chi connectivity index (χ3n) is 7.12. The van der Waals surface area contributed by atoms with E-state index in [1.807, 2.05) is 0 Å². The van der Waals surface area contributed by atoms with E-state index >= 15 is 0 Å². The Labute approximate surface area is 144 Å². The van der Waals surface area contributed by atoms with Crippen LogP contribution in [0.3, 0.4) is 0 Å². The Kier molecular flexibility index (Phi) is 4.80. The highest BCUT2D eigenvalue weighted by molar-refractivity contribution is 6.74. The van der Waals surface area contributed by atoms with Crippen molar-refractivity contribution in [1.29, 1.82) is 0 Å². The minimum Gasteiger partial charge on any atom is -0.414 e. The Morgan fingerprint density at radius 2 is 1.78 bits per heavy atom. The van der Waals surface area contributed by atoms with Gasteiger partial charge in [-0.25, -0.2) is 0 Å². The number of Topliss-reactive ketones (excluding diaryl/α,β-unsaturated/α-hetero) is 1. The van der Waals surface area contributed by atoms with Crippen LogP contribution in [0.4, 0.5) is 0 Å². The minimum absolute atomic E-state index is 0.167. The van der Waals surface area contributed by atoms with Gasteiger partial charge in [-0.3, -0.25) is 4.79 Å². The van der Waals surface area contributed by atoms with Gasteiger partial charge in [-0.2, -0.15) is 0 Å². The molecule has 2 fully saturated rings. The zero-order valence-electron chi connectivity index (χ0n) is 16.7. The molecule has 0 amide bonds. The molecule has 2 nitrogen and oxygen atoms in total. The van der Waals surface area contributed by atoms with Gasteiger partial charge in [-0.15, -0.1) is 0 Å². The Morgan fingerprint density at radius 1 is 1.22 bits per heavy atom. The Hall–Kier alpha value is -0.413. The fraction of sp³-hybridized carbons (Fsp3) is 0.850. The molecule has 2 saturated carbocycles. The molecule has 132 valence electrons. The fourth-order valence-electron chi connectivity index (χ4n) is 4.19. The van der Waals surface area contributed by atoms with Crippen LogP contribution in [0.25, 0.3) is 0 Å². The summed E-state index contributed by atoms with van der Waals surface area (Å²) in [6.45, 7) is 20.2. The van der Waals surface area contributed by atoms with Crippen molar-refractivity contribution in [2.75, 3.05) is 0 Å². The van der Waals surface area contributed by atoms with E-state index in [4.69, 9.17) is 4.43 Å². The van der Waals surface area contributed by atoms with E-state index in [1.165, 1.54) is 5.57 Å². The minimum atomic E-state index is -1.74. The Bertz CT molecular complexity index is 522. The van der Waals surface area contributed by atoms with Gasteiger partial charge in [0, 0.05) is 11.5 Å². The standard InChI is InChI=1S/C20H36O2Si/c1-13(2)17-12-15-11-16(22-23(8,9)19(4,5)6)10-14(3)20(15,7)18(17)21/h14-16H,10-12H2,1-9H3/t14-,15+,16+,20+/m1/s1. The zero-order valence-corrected chi connectivity index (χ0v) is 17.7. The second-order valence-corrected chi connectivity index (χ2v) is 14.6. The highest BCUT2D eigenvalue weighted by Gasteiger charge is 2.56. The summed E-state index contributed by atoms with van der Waals surface area (Å²) in [6.07, 6.45) is 3.37. The monoisotopic (exact) mass is 336 g/mol. The molecule has 4 atom stereocenters. The van der Waals surface area contributed by atoms with E-state index in [0.717, 1.165) is 24.8 Å². The second kappa shape index (κ2) is 5.84. The summed E-state index contributed by atoms with van der Waals surface area (Å²) in [4.78, 5) is 13.0. The van der Waals surface area contributed by atoms with Gasteiger partial charge in [0.15, 0.2) is 14.1 Å². The van der Waals surface area contributed by atoms with Crippen molar-refractivity contribution in [3.63, 3.8) is 0 Å².